The highest BCUT2D eigenvalue weighted by Gasteiger charge is 1.80. The van der Waals surface area contributed by atoms with Gasteiger partial charge in [0, 0.05) is 20.3 Å². The highest BCUT2D eigenvalue weighted by molar-refractivity contribution is 4.36. The van der Waals surface area contributed by atoms with Crippen molar-refractivity contribution in [2.24, 2.45) is 0 Å². The molecule has 0 saturated carbocycles. The van der Waals surface area contributed by atoms with E-state index in [1.54, 1.807) is 7.11 Å². The first-order chi connectivity index (χ1) is 6.33. The molecule has 80 valence electrons. The first kappa shape index (κ1) is 15.4. The molecule has 0 N–H and O–H groups in total. The van der Waals surface area contributed by atoms with E-state index >= 15 is 0 Å². The van der Waals surface area contributed by atoms with Crippen molar-refractivity contribution in [2.45, 2.75) is 39.0 Å². The van der Waals surface area contributed by atoms with E-state index in [0.29, 0.717) is 0 Å². The van der Waals surface area contributed by atoms with Crippen LogP contribution in [0.4, 0.5) is 0 Å². The van der Waals surface area contributed by atoms with E-state index in [4.69, 9.17) is 4.74 Å². The SMILES string of the molecule is [CH2]CCCOC.[CH2]OCCCCC. The van der Waals surface area contributed by atoms with Gasteiger partial charge in [-0.3, -0.25) is 0 Å². The minimum atomic E-state index is 0.813. The van der Waals surface area contributed by atoms with Crippen molar-refractivity contribution in [2.75, 3.05) is 20.3 Å². The Morgan fingerprint density at radius 1 is 1.08 bits per heavy atom. The summed E-state index contributed by atoms with van der Waals surface area (Å²) in [6, 6.07) is 0. The van der Waals surface area contributed by atoms with E-state index in [0.717, 1.165) is 32.5 Å². The van der Waals surface area contributed by atoms with Gasteiger partial charge in [0.1, 0.15) is 0 Å². The minimum absolute atomic E-state index is 0.813. The van der Waals surface area contributed by atoms with Crippen molar-refractivity contribution < 1.29 is 9.47 Å². The summed E-state index contributed by atoms with van der Waals surface area (Å²) in [5.74, 6) is 0. The Morgan fingerprint density at radius 3 is 2.08 bits per heavy atom. The van der Waals surface area contributed by atoms with Crippen LogP contribution < -0.4 is 0 Å². The molecule has 0 aliphatic rings. The molecule has 0 aliphatic carbocycles. The van der Waals surface area contributed by atoms with Crippen molar-refractivity contribution in [3.05, 3.63) is 14.0 Å². The fourth-order valence-corrected chi connectivity index (χ4v) is 0.701. The standard InChI is InChI=1S/C6H13O.C5H11O/c1-3-4-5-6-7-2;1-3-4-5-6-2/h2-6H2,1H3;1,3-5H2,2H3. The maximum Gasteiger partial charge on any atom is 0.0700 e. The number of methoxy groups -OCH3 is 1. The van der Waals surface area contributed by atoms with Gasteiger partial charge in [0.05, 0.1) is 7.11 Å². The summed E-state index contributed by atoms with van der Waals surface area (Å²) in [5, 5.41) is 0. The van der Waals surface area contributed by atoms with Gasteiger partial charge < -0.3 is 9.47 Å². The average molecular weight is 188 g/mol. The molecule has 0 aromatic heterocycles. The van der Waals surface area contributed by atoms with E-state index < -0.39 is 0 Å². The minimum Gasteiger partial charge on any atom is -0.385 e. The van der Waals surface area contributed by atoms with Gasteiger partial charge in [0.2, 0.25) is 0 Å². The molecule has 0 saturated heterocycles. The van der Waals surface area contributed by atoms with Crippen LogP contribution >= 0.6 is 0 Å². The van der Waals surface area contributed by atoms with Crippen LogP contribution in [0.25, 0.3) is 0 Å². The molecule has 2 radical (unpaired) electrons. The van der Waals surface area contributed by atoms with E-state index in [1.165, 1.54) is 12.8 Å². The molecular formula is C11H24O2. The van der Waals surface area contributed by atoms with Crippen molar-refractivity contribution in [1.82, 2.24) is 0 Å². The molecule has 0 bridgehead atoms. The van der Waals surface area contributed by atoms with Crippen LogP contribution in [0.15, 0.2) is 0 Å². The molecule has 2 heteroatoms. The number of hydrogen-bond donors (Lipinski definition) is 0. The Hall–Kier alpha value is -0.0800. The van der Waals surface area contributed by atoms with Crippen LogP contribution in [0, 0.1) is 14.0 Å². The average Bonchev–Trinajstić information content (AvgIpc) is 2.17. The summed E-state index contributed by atoms with van der Waals surface area (Å²) < 4.78 is 9.34. The highest BCUT2D eigenvalue weighted by Crippen LogP contribution is 1.92. The molecule has 0 spiro atoms. The van der Waals surface area contributed by atoms with Gasteiger partial charge in [-0.2, -0.15) is 0 Å². The van der Waals surface area contributed by atoms with Crippen molar-refractivity contribution in [3.8, 4) is 0 Å². The fourth-order valence-electron chi connectivity index (χ4n) is 0.701. The molecule has 0 aromatic carbocycles. The van der Waals surface area contributed by atoms with Gasteiger partial charge in [-0.15, -0.1) is 0 Å². The third-order valence-corrected chi connectivity index (χ3v) is 1.49. The second kappa shape index (κ2) is 17.9. The Balaban J connectivity index is 0. The predicted molar refractivity (Wildman–Crippen MR) is 57.3 cm³/mol. The van der Waals surface area contributed by atoms with Gasteiger partial charge in [-0.25, -0.2) is 0 Å². The van der Waals surface area contributed by atoms with E-state index in [9.17, 15) is 0 Å². The highest BCUT2D eigenvalue weighted by atomic mass is 16.5. The summed E-state index contributed by atoms with van der Waals surface area (Å²) in [6.07, 6.45) is 5.73. The lowest BCUT2D eigenvalue weighted by atomic mass is 10.3. The zero-order chi connectivity index (χ0) is 10.4. The van der Waals surface area contributed by atoms with Crippen LogP contribution in [0.5, 0.6) is 0 Å². The van der Waals surface area contributed by atoms with E-state index in [1.807, 2.05) is 0 Å². The third-order valence-electron chi connectivity index (χ3n) is 1.49. The van der Waals surface area contributed by atoms with Gasteiger partial charge in [-0.1, -0.05) is 33.1 Å². The molecule has 0 atom stereocenters. The second-order valence-corrected chi connectivity index (χ2v) is 2.82. The van der Waals surface area contributed by atoms with Crippen LogP contribution in [0.2, 0.25) is 0 Å². The molecule has 2 nitrogen and oxygen atoms in total. The number of ether oxygens (including phenoxy) is 2. The van der Waals surface area contributed by atoms with Crippen LogP contribution in [0.3, 0.4) is 0 Å². The van der Waals surface area contributed by atoms with Crippen molar-refractivity contribution >= 4 is 0 Å². The molecule has 0 heterocycles. The molecule has 0 aliphatic heterocycles. The summed E-state index contributed by atoms with van der Waals surface area (Å²) in [7, 11) is 4.96. The smallest absolute Gasteiger partial charge is 0.0700 e. The third kappa shape index (κ3) is 24.5. The van der Waals surface area contributed by atoms with E-state index in [-0.39, 0.29) is 0 Å². The lowest BCUT2D eigenvalue weighted by Gasteiger charge is -1.92. The van der Waals surface area contributed by atoms with Gasteiger partial charge in [0.15, 0.2) is 0 Å². The molecule has 0 aromatic rings. The van der Waals surface area contributed by atoms with Crippen LogP contribution in [-0.2, 0) is 9.47 Å². The van der Waals surface area contributed by atoms with E-state index in [2.05, 4.69) is 25.7 Å². The lowest BCUT2D eigenvalue weighted by Crippen LogP contribution is -1.84. The fraction of sp³-hybridized carbons (Fsp3) is 0.818. The van der Waals surface area contributed by atoms with Crippen LogP contribution in [0.1, 0.15) is 39.0 Å². The molecule has 0 amide bonds. The Bertz CT molecular complexity index is 57.1. The molecule has 0 fully saturated rings. The first-order valence-corrected chi connectivity index (χ1v) is 4.98. The normalized spacial score (nSPS) is 9.23. The summed E-state index contributed by atoms with van der Waals surface area (Å²) >= 11 is 0. The Kier molecular flexibility index (Phi) is 21.2. The summed E-state index contributed by atoms with van der Waals surface area (Å²) in [4.78, 5) is 0. The van der Waals surface area contributed by atoms with Crippen molar-refractivity contribution in [3.63, 3.8) is 0 Å². The predicted octanol–water partition coefficient (Wildman–Crippen LogP) is 3.23. The maximum atomic E-state index is 4.74. The molecule has 0 unspecified atom stereocenters. The van der Waals surface area contributed by atoms with Gasteiger partial charge in [-0.05, 0) is 12.8 Å². The topological polar surface area (TPSA) is 18.5 Å². The van der Waals surface area contributed by atoms with Gasteiger partial charge >= 0.3 is 0 Å². The Labute approximate surface area is 83.6 Å². The van der Waals surface area contributed by atoms with Crippen molar-refractivity contribution in [1.29, 1.82) is 0 Å². The monoisotopic (exact) mass is 188 g/mol. The summed E-state index contributed by atoms with van der Waals surface area (Å²) in [5.41, 5.74) is 0. The number of unbranched alkanes of at least 4 members (excludes halogenated alkanes) is 3. The largest absolute Gasteiger partial charge is 0.385 e. The molecule has 0 rings (SSSR count). The quantitative estimate of drug-likeness (QED) is 0.571. The maximum absolute atomic E-state index is 4.74. The summed E-state index contributed by atoms with van der Waals surface area (Å²) in [6.45, 7) is 7.48. The molecular weight excluding hydrogens is 164 g/mol. The zero-order valence-electron chi connectivity index (χ0n) is 9.18. The second-order valence-electron chi connectivity index (χ2n) is 2.82. The van der Waals surface area contributed by atoms with Crippen LogP contribution in [-0.4, -0.2) is 20.3 Å². The Morgan fingerprint density at radius 2 is 1.77 bits per heavy atom. The number of hydrogen-bond acceptors (Lipinski definition) is 2. The zero-order valence-corrected chi connectivity index (χ0v) is 9.18. The lowest BCUT2D eigenvalue weighted by molar-refractivity contribution is 0.195. The number of rotatable bonds is 7. The molecule has 13 heavy (non-hydrogen) atoms. The van der Waals surface area contributed by atoms with Gasteiger partial charge in [0.25, 0.3) is 0 Å². The first-order valence-electron chi connectivity index (χ1n) is 4.98.